The third-order valence-electron chi connectivity index (χ3n) is 4.94. The van der Waals surface area contributed by atoms with Crippen LogP contribution in [0.4, 0.5) is 0 Å². The van der Waals surface area contributed by atoms with Crippen LogP contribution in [-0.2, 0) is 4.74 Å². The van der Waals surface area contributed by atoms with Crippen molar-refractivity contribution in [3.63, 3.8) is 0 Å². The second-order valence-corrected chi connectivity index (χ2v) is 7.37. The monoisotopic (exact) mass is 321 g/mol. The molecule has 1 heterocycles. The Hall–Kier alpha value is -1.06. The first-order valence-electron chi connectivity index (χ1n) is 8.01. The van der Waals surface area contributed by atoms with Gasteiger partial charge in [0.25, 0.3) is 0 Å². The Morgan fingerprint density at radius 1 is 1.32 bits per heavy atom. The Morgan fingerprint density at radius 3 is 2.91 bits per heavy atom. The Morgan fingerprint density at radius 2 is 2.14 bits per heavy atom. The molecular formula is C18H24ClNO2. The minimum atomic E-state index is 0.276. The summed E-state index contributed by atoms with van der Waals surface area (Å²) in [5.41, 5.74) is 2.77. The molecule has 0 amide bonds. The van der Waals surface area contributed by atoms with Gasteiger partial charge in [-0.3, -0.25) is 4.99 Å². The first-order valence-corrected chi connectivity index (χ1v) is 8.39. The van der Waals surface area contributed by atoms with Crippen molar-refractivity contribution in [3.05, 3.63) is 28.3 Å². The average Bonchev–Trinajstić information content (AvgIpc) is 2.79. The summed E-state index contributed by atoms with van der Waals surface area (Å²) in [4.78, 5) is 4.80. The summed E-state index contributed by atoms with van der Waals surface area (Å²) in [5, 5.41) is 0.665. The maximum Gasteiger partial charge on any atom is 0.138 e. The Balaban J connectivity index is 1.83. The molecule has 0 radical (unpaired) electrons. The lowest BCUT2D eigenvalue weighted by Gasteiger charge is -2.31. The molecule has 2 aliphatic rings. The number of nitrogens with zero attached hydrogens (tertiary/aromatic N) is 1. The van der Waals surface area contributed by atoms with Crippen molar-refractivity contribution >= 4 is 17.8 Å². The van der Waals surface area contributed by atoms with Crippen LogP contribution in [-0.4, -0.2) is 32.6 Å². The number of rotatable bonds is 5. The number of benzene rings is 1. The van der Waals surface area contributed by atoms with Crippen LogP contribution < -0.4 is 4.74 Å². The van der Waals surface area contributed by atoms with Crippen LogP contribution in [0.1, 0.15) is 50.2 Å². The molecule has 0 N–H and O–H groups in total. The van der Waals surface area contributed by atoms with E-state index in [1.807, 2.05) is 12.3 Å². The SMILES string of the molecule is COCCCOc1cc2c(cc1Cl)C=N[C@H]1C2CCC1(C)C. The molecule has 0 saturated heterocycles. The van der Waals surface area contributed by atoms with E-state index in [-0.39, 0.29) is 5.41 Å². The van der Waals surface area contributed by atoms with Crippen LogP contribution in [0.5, 0.6) is 5.75 Å². The van der Waals surface area contributed by atoms with Gasteiger partial charge in [0.05, 0.1) is 17.7 Å². The standard InChI is InChI=1S/C18H24ClNO2/c1-18(2)6-5-13-14-10-16(22-8-4-7-21-3)15(19)9-12(14)11-20-17(13)18/h9-11,13,17H,4-8H2,1-3H3/t13?,17-/m0/s1. The van der Waals surface area contributed by atoms with Gasteiger partial charge in [0.2, 0.25) is 0 Å². The lowest BCUT2D eigenvalue weighted by molar-refractivity contribution is 0.172. The molecule has 1 fully saturated rings. The summed E-state index contributed by atoms with van der Waals surface area (Å²) in [6.45, 7) is 5.96. The van der Waals surface area contributed by atoms with Gasteiger partial charge in [-0.15, -0.1) is 0 Å². The van der Waals surface area contributed by atoms with Crippen LogP contribution in [0.2, 0.25) is 5.02 Å². The summed E-state index contributed by atoms with van der Waals surface area (Å²) >= 11 is 6.36. The summed E-state index contributed by atoms with van der Waals surface area (Å²) in [7, 11) is 1.70. The van der Waals surface area contributed by atoms with Crippen molar-refractivity contribution in [2.24, 2.45) is 10.4 Å². The van der Waals surface area contributed by atoms with Crippen LogP contribution in [0.25, 0.3) is 0 Å². The van der Waals surface area contributed by atoms with E-state index in [9.17, 15) is 0 Å². The highest BCUT2D eigenvalue weighted by Gasteiger charge is 2.44. The third kappa shape index (κ3) is 2.89. The van der Waals surface area contributed by atoms with E-state index < -0.39 is 0 Å². The molecule has 2 atom stereocenters. The Labute approximate surface area is 137 Å². The van der Waals surface area contributed by atoms with E-state index in [0.29, 0.717) is 30.2 Å². The largest absolute Gasteiger partial charge is 0.492 e. The fraction of sp³-hybridized carbons (Fsp3) is 0.611. The van der Waals surface area contributed by atoms with Gasteiger partial charge in [-0.1, -0.05) is 25.4 Å². The molecule has 1 aliphatic carbocycles. The van der Waals surface area contributed by atoms with Crippen molar-refractivity contribution in [2.75, 3.05) is 20.3 Å². The Kier molecular flexibility index (Phi) is 4.47. The van der Waals surface area contributed by atoms with Crippen LogP contribution in [0, 0.1) is 5.41 Å². The van der Waals surface area contributed by atoms with Crippen molar-refractivity contribution in [2.45, 2.75) is 45.1 Å². The van der Waals surface area contributed by atoms with E-state index >= 15 is 0 Å². The van der Waals surface area contributed by atoms with Gasteiger partial charge in [0.1, 0.15) is 5.75 Å². The molecule has 1 aliphatic heterocycles. The summed E-state index contributed by atoms with van der Waals surface area (Å²) in [6.07, 6.45) is 5.26. The van der Waals surface area contributed by atoms with Gasteiger partial charge in [-0.25, -0.2) is 0 Å². The van der Waals surface area contributed by atoms with E-state index in [0.717, 1.165) is 17.7 Å². The fourth-order valence-corrected chi connectivity index (χ4v) is 3.91. The summed E-state index contributed by atoms with van der Waals surface area (Å²) in [5.74, 6) is 1.28. The lowest BCUT2D eigenvalue weighted by atomic mass is 9.80. The highest BCUT2D eigenvalue weighted by atomic mass is 35.5. The molecule has 0 spiro atoms. The quantitative estimate of drug-likeness (QED) is 0.750. The highest BCUT2D eigenvalue weighted by molar-refractivity contribution is 6.32. The number of ether oxygens (including phenoxy) is 2. The second kappa shape index (κ2) is 6.21. The zero-order valence-corrected chi connectivity index (χ0v) is 14.3. The maximum atomic E-state index is 6.36. The molecule has 120 valence electrons. The van der Waals surface area contributed by atoms with Gasteiger partial charge >= 0.3 is 0 Å². The predicted molar refractivity (Wildman–Crippen MR) is 90.6 cm³/mol. The average molecular weight is 322 g/mol. The predicted octanol–water partition coefficient (Wildman–Crippen LogP) is 4.46. The zero-order chi connectivity index (χ0) is 15.7. The molecule has 3 rings (SSSR count). The number of halogens is 1. The van der Waals surface area contributed by atoms with Gasteiger partial charge in [0, 0.05) is 32.3 Å². The molecule has 1 unspecified atom stereocenters. The van der Waals surface area contributed by atoms with E-state index in [2.05, 4.69) is 19.9 Å². The van der Waals surface area contributed by atoms with Crippen molar-refractivity contribution in [1.82, 2.24) is 0 Å². The normalized spacial score (nSPS) is 24.9. The molecule has 0 bridgehead atoms. The summed E-state index contributed by atoms with van der Waals surface area (Å²) in [6, 6.07) is 4.50. The number of hydrogen-bond donors (Lipinski definition) is 0. The van der Waals surface area contributed by atoms with Crippen molar-refractivity contribution < 1.29 is 9.47 Å². The summed E-state index contributed by atoms with van der Waals surface area (Å²) < 4.78 is 10.9. The topological polar surface area (TPSA) is 30.8 Å². The highest BCUT2D eigenvalue weighted by Crippen LogP contribution is 2.51. The second-order valence-electron chi connectivity index (χ2n) is 6.96. The minimum Gasteiger partial charge on any atom is -0.492 e. The molecule has 1 aromatic carbocycles. The van der Waals surface area contributed by atoms with Crippen molar-refractivity contribution in [1.29, 1.82) is 0 Å². The van der Waals surface area contributed by atoms with Crippen LogP contribution in [0.3, 0.4) is 0 Å². The first-order chi connectivity index (χ1) is 10.5. The van der Waals surface area contributed by atoms with Gasteiger partial charge in [-0.05, 0) is 41.5 Å². The molecule has 1 aromatic rings. The number of aliphatic imine (C=N–C) groups is 1. The maximum absolute atomic E-state index is 6.36. The van der Waals surface area contributed by atoms with Crippen LogP contribution in [0.15, 0.2) is 17.1 Å². The number of methoxy groups -OCH3 is 1. The molecule has 4 heteroatoms. The Bertz CT molecular complexity index is 583. The molecule has 1 saturated carbocycles. The van der Waals surface area contributed by atoms with Gasteiger partial charge in [-0.2, -0.15) is 0 Å². The minimum absolute atomic E-state index is 0.276. The smallest absolute Gasteiger partial charge is 0.138 e. The molecule has 22 heavy (non-hydrogen) atoms. The van der Waals surface area contributed by atoms with E-state index in [1.165, 1.54) is 18.4 Å². The van der Waals surface area contributed by atoms with Gasteiger partial charge in [0.15, 0.2) is 0 Å². The zero-order valence-electron chi connectivity index (χ0n) is 13.6. The molecule has 3 nitrogen and oxygen atoms in total. The van der Waals surface area contributed by atoms with E-state index in [1.54, 1.807) is 7.11 Å². The molecular weight excluding hydrogens is 298 g/mol. The fourth-order valence-electron chi connectivity index (χ4n) is 3.68. The van der Waals surface area contributed by atoms with Crippen molar-refractivity contribution in [3.8, 4) is 5.75 Å². The first kappa shape index (κ1) is 15.8. The number of hydrogen-bond acceptors (Lipinski definition) is 3. The van der Waals surface area contributed by atoms with Gasteiger partial charge < -0.3 is 9.47 Å². The van der Waals surface area contributed by atoms with E-state index in [4.69, 9.17) is 26.1 Å². The number of fused-ring (bicyclic) bond motifs is 3. The van der Waals surface area contributed by atoms with Crippen LogP contribution >= 0.6 is 11.6 Å². The lowest BCUT2D eigenvalue weighted by Crippen LogP contribution is -2.28. The third-order valence-corrected chi connectivity index (χ3v) is 5.24. The molecule has 0 aromatic heterocycles.